The van der Waals surface area contributed by atoms with Gasteiger partial charge in [-0.05, 0) is 56.2 Å². The molecule has 0 atom stereocenters. The number of carboxylic acids is 1. The number of thiophene rings is 1. The largest absolute Gasteiger partial charge is 0.477 e. The van der Waals surface area contributed by atoms with E-state index in [1.165, 1.54) is 11.3 Å². The maximum atomic E-state index is 11.1. The van der Waals surface area contributed by atoms with Crippen molar-refractivity contribution < 1.29 is 9.90 Å². The predicted octanol–water partition coefficient (Wildman–Crippen LogP) is 3.00. The van der Waals surface area contributed by atoms with Crippen LogP contribution in [0.5, 0.6) is 0 Å². The number of aromatic carboxylic acids is 1. The standard InChI is InChI=1S/C15H26N2O2S/c1-4-16(5-2)9-7-10-17(6-3)12-13-8-11-20-14(13)15(18)19/h8,11H,4-7,9-10,12H2,1-3H3,(H,18,19). The van der Waals surface area contributed by atoms with Gasteiger partial charge in [0.1, 0.15) is 4.88 Å². The zero-order chi connectivity index (χ0) is 15.0. The number of rotatable bonds is 10. The van der Waals surface area contributed by atoms with Crippen LogP contribution in [0.15, 0.2) is 11.4 Å². The van der Waals surface area contributed by atoms with Gasteiger partial charge in [0.05, 0.1) is 0 Å². The molecule has 0 saturated carbocycles. The van der Waals surface area contributed by atoms with Crippen LogP contribution in [0.4, 0.5) is 0 Å². The Kier molecular flexibility index (Phi) is 7.80. The Morgan fingerprint density at radius 2 is 1.75 bits per heavy atom. The van der Waals surface area contributed by atoms with Crippen molar-refractivity contribution in [3.63, 3.8) is 0 Å². The first-order valence-electron chi connectivity index (χ1n) is 7.36. The first-order chi connectivity index (χ1) is 9.62. The van der Waals surface area contributed by atoms with Crippen molar-refractivity contribution in [2.45, 2.75) is 33.7 Å². The molecule has 0 spiro atoms. The lowest BCUT2D eigenvalue weighted by atomic mass is 10.2. The molecule has 0 amide bonds. The molecular weight excluding hydrogens is 272 g/mol. The number of carboxylic acid groups (broad SMARTS) is 1. The van der Waals surface area contributed by atoms with Crippen LogP contribution in [0, 0.1) is 0 Å². The van der Waals surface area contributed by atoms with E-state index in [0.717, 1.165) is 51.3 Å². The third-order valence-electron chi connectivity index (χ3n) is 3.63. The number of hydrogen-bond donors (Lipinski definition) is 1. The first kappa shape index (κ1) is 17.1. The van der Waals surface area contributed by atoms with Crippen molar-refractivity contribution in [2.24, 2.45) is 0 Å². The van der Waals surface area contributed by atoms with E-state index < -0.39 is 5.97 Å². The summed E-state index contributed by atoms with van der Waals surface area (Å²) in [5.74, 6) is -0.811. The SMILES string of the molecule is CCN(CC)CCCN(CC)Cc1ccsc1C(=O)O. The lowest BCUT2D eigenvalue weighted by Gasteiger charge is -2.23. The second-order valence-corrected chi connectivity index (χ2v) is 5.75. The van der Waals surface area contributed by atoms with Crippen molar-refractivity contribution in [2.75, 3.05) is 32.7 Å². The molecule has 0 radical (unpaired) electrons. The van der Waals surface area contributed by atoms with Crippen LogP contribution in [0.1, 0.15) is 42.4 Å². The molecule has 0 unspecified atom stereocenters. The van der Waals surface area contributed by atoms with Gasteiger partial charge in [0.2, 0.25) is 0 Å². The third-order valence-corrected chi connectivity index (χ3v) is 4.57. The van der Waals surface area contributed by atoms with Gasteiger partial charge >= 0.3 is 5.97 Å². The summed E-state index contributed by atoms with van der Waals surface area (Å²) in [5.41, 5.74) is 0.937. The van der Waals surface area contributed by atoms with E-state index in [1.807, 2.05) is 11.4 Å². The summed E-state index contributed by atoms with van der Waals surface area (Å²) in [4.78, 5) is 16.3. The van der Waals surface area contributed by atoms with Crippen molar-refractivity contribution in [3.8, 4) is 0 Å². The normalized spacial score (nSPS) is 11.4. The molecule has 0 aliphatic rings. The van der Waals surface area contributed by atoms with Gasteiger partial charge < -0.3 is 10.0 Å². The minimum Gasteiger partial charge on any atom is -0.477 e. The first-order valence-corrected chi connectivity index (χ1v) is 8.24. The van der Waals surface area contributed by atoms with Gasteiger partial charge in [0, 0.05) is 6.54 Å². The minimum atomic E-state index is -0.811. The smallest absolute Gasteiger partial charge is 0.346 e. The van der Waals surface area contributed by atoms with Crippen molar-refractivity contribution in [1.29, 1.82) is 0 Å². The number of carbonyl (C=O) groups is 1. The van der Waals surface area contributed by atoms with Crippen LogP contribution >= 0.6 is 11.3 Å². The molecule has 0 bridgehead atoms. The van der Waals surface area contributed by atoms with Crippen molar-refractivity contribution in [1.82, 2.24) is 9.80 Å². The van der Waals surface area contributed by atoms with Crippen molar-refractivity contribution in [3.05, 3.63) is 21.9 Å². The molecule has 0 saturated heterocycles. The Labute approximate surface area is 126 Å². The van der Waals surface area contributed by atoms with E-state index in [9.17, 15) is 4.79 Å². The summed E-state index contributed by atoms with van der Waals surface area (Å²) in [6, 6.07) is 1.93. The monoisotopic (exact) mass is 298 g/mol. The maximum Gasteiger partial charge on any atom is 0.346 e. The summed E-state index contributed by atoms with van der Waals surface area (Å²) in [7, 11) is 0. The second kappa shape index (κ2) is 9.10. The Morgan fingerprint density at radius 1 is 1.15 bits per heavy atom. The maximum absolute atomic E-state index is 11.1. The molecule has 1 aromatic rings. The summed E-state index contributed by atoms with van der Waals surface area (Å²) in [5, 5.41) is 11.0. The highest BCUT2D eigenvalue weighted by molar-refractivity contribution is 7.12. The topological polar surface area (TPSA) is 43.8 Å². The zero-order valence-electron chi connectivity index (χ0n) is 12.8. The minimum absolute atomic E-state index is 0.479. The van der Waals surface area contributed by atoms with Crippen LogP contribution in [-0.4, -0.2) is 53.6 Å². The fourth-order valence-corrected chi connectivity index (χ4v) is 3.05. The molecule has 114 valence electrons. The molecule has 4 nitrogen and oxygen atoms in total. The van der Waals surface area contributed by atoms with Crippen LogP contribution < -0.4 is 0 Å². The average molecular weight is 298 g/mol. The fraction of sp³-hybridized carbons (Fsp3) is 0.667. The molecule has 0 fully saturated rings. The molecular formula is C15H26N2O2S. The van der Waals surface area contributed by atoms with E-state index in [-0.39, 0.29) is 0 Å². The molecule has 0 aliphatic heterocycles. The summed E-state index contributed by atoms with van der Waals surface area (Å²) < 4.78 is 0. The summed E-state index contributed by atoms with van der Waals surface area (Å²) in [6.07, 6.45) is 1.13. The van der Waals surface area contributed by atoms with E-state index >= 15 is 0 Å². The van der Waals surface area contributed by atoms with E-state index in [1.54, 1.807) is 0 Å². The van der Waals surface area contributed by atoms with Gasteiger partial charge in [-0.15, -0.1) is 11.3 Å². The predicted molar refractivity (Wildman–Crippen MR) is 84.6 cm³/mol. The summed E-state index contributed by atoms with van der Waals surface area (Å²) in [6.45, 7) is 12.5. The molecule has 20 heavy (non-hydrogen) atoms. The molecule has 1 rings (SSSR count). The van der Waals surface area contributed by atoms with E-state index in [0.29, 0.717) is 4.88 Å². The molecule has 1 N–H and O–H groups in total. The van der Waals surface area contributed by atoms with Crippen LogP contribution in [0.2, 0.25) is 0 Å². The molecule has 5 heteroatoms. The Balaban J connectivity index is 2.46. The molecule has 0 aromatic carbocycles. The van der Waals surface area contributed by atoms with Crippen LogP contribution in [-0.2, 0) is 6.54 Å². The van der Waals surface area contributed by atoms with E-state index in [2.05, 4.69) is 30.6 Å². The van der Waals surface area contributed by atoms with Gasteiger partial charge in [-0.3, -0.25) is 4.90 Å². The average Bonchev–Trinajstić information content (AvgIpc) is 2.90. The van der Waals surface area contributed by atoms with Gasteiger partial charge in [0.25, 0.3) is 0 Å². The second-order valence-electron chi connectivity index (χ2n) is 4.83. The Bertz CT molecular complexity index is 402. The van der Waals surface area contributed by atoms with Crippen LogP contribution in [0.25, 0.3) is 0 Å². The highest BCUT2D eigenvalue weighted by atomic mass is 32.1. The summed E-state index contributed by atoms with van der Waals surface area (Å²) >= 11 is 1.31. The Hall–Kier alpha value is -0.910. The van der Waals surface area contributed by atoms with Crippen LogP contribution in [0.3, 0.4) is 0 Å². The highest BCUT2D eigenvalue weighted by Gasteiger charge is 2.14. The van der Waals surface area contributed by atoms with Gasteiger partial charge in [0.15, 0.2) is 0 Å². The lowest BCUT2D eigenvalue weighted by Crippen LogP contribution is -2.30. The fourth-order valence-electron chi connectivity index (χ4n) is 2.30. The third kappa shape index (κ3) is 5.23. The number of nitrogens with zero attached hydrogens (tertiary/aromatic N) is 2. The van der Waals surface area contributed by atoms with E-state index in [4.69, 9.17) is 5.11 Å². The molecule has 1 heterocycles. The molecule has 1 aromatic heterocycles. The van der Waals surface area contributed by atoms with Gasteiger partial charge in [-0.25, -0.2) is 4.79 Å². The van der Waals surface area contributed by atoms with Gasteiger partial charge in [-0.1, -0.05) is 20.8 Å². The van der Waals surface area contributed by atoms with Crippen molar-refractivity contribution >= 4 is 17.3 Å². The number of hydrogen-bond acceptors (Lipinski definition) is 4. The lowest BCUT2D eigenvalue weighted by molar-refractivity contribution is 0.0700. The van der Waals surface area contributed by atoms with Gasteiger partial charge in [-0.2, -0.15) is 0 Å². The highest BCUT2D eigenvalue weighted by Crippen LogP contribution is 2.18. The quantitative estimate of drug-likeness (QED) is 0.721. The Morgan fingerprint density at radius 3 is 2.30 bits per heavy atom. The molecule has 0 aliphatic carbocycles. The zero-order valence-corrected chi connectivity index (χ0v) is 13.6.